The summed E-state index contributed by atoms with van der Waals surface area (Å²) in [5, 5.41) is 0.983. The van der Waals surface area contributed by atoms with E-state index in [-0.39, 0.29) is 5.91 Å². The topological polar surface area (TPSA) is 33.2 Å². The van der Waals surface area contributed by atoms with Gasteiger partial charge in [0.2, 0.25) is 5.91 Å². The number of thiazole rings is 1. The number of likely N-dealkylation sites (N-methyl/N-ethyl adjacent to an activating group) is 1. The van der Waals surface area contributed by atoms with Crippen LogP contribution < -0.4 is 0 Å². The minimum Gasteiger partial charge on any atom is -0.341 e. The van der Waals surface area contributed by atoms with E-state index in [1.165, 1.54) is 5.56 Å². The zero-order chi connectivity index (χ0) is 18.7. The second kappa shape index (κ2) is 8.14. The Morgan fingerprint density at radius 1 is 1.12 bits per heavy atom. The van der Waals surface area contributed by atoms with Gasteiger partial charge in [-0.1, -0.05) is 64.0 Å². The van der Waals surface area contributed by atoms with Crippen LogP contribution in [0.1, 0.15) is 21.0 Å². The Hall–Kier alpha value is -1.98. The zero-order valence-corrected chi connectivity index (χ0v) is 17.5. The third kappa shape index (κ3) is 4.40. The molecule has 0 spiro atoms. The van der Waals surface area contributed by atoms with Crippen molar-refractivity contribution >= 4 is 33.2 Å². The molecule has 1 amide bonds. The van der Waals surface area contributed by atoms with Crippen molar-refractivity contribution in [3.63, 3.8) is 0 Å². The third-order valence-electron chi connectivity index (χ3n) is 4.23. The van der Waals surface area contributed by atoms with E-state index in [1.807, 2.05) is 38.2 Å². The number of nitrogens with zero attached hydrogens (tertiary/aromatic N) is 2. The second-order valence-electron chi connectivity index (χ2n) is 6.39. The molecule has 3 rings (SSSR count). The molecule has 0 fully saturated rings. The monoisotopic (exact) mass is 428 g/mol. The average Bonchev–Trinajstić information content (AvgIpc) is 2.97. The van der Waals surface area contributed by atoms with Crippen molar-refractivity contribution in [2.45, 2.75) is 26.8 Å². The highest BCUT2D eigenvalue weighted by molar-refractivity contribution is 9.10. The molecule has 0 saturated heterocycles. The summed E-state index contributed by atoms with van der Waals surface area (Å²) >= 11 is 5.15. The van der Waals surface area contributed by atoms with Crippen LogP contribution in [0.3, 0.4) is 0 Å². The Kier molecular flexibility index (Phi) is 5.89. The van der Waals surface area contributed by atoms with Gasteiger partial charge < -0.3 is 4.90 Å². The minimum absolute atomic E-state index is 0.0952. The fourth-order valence-corrected chi connectivity index (χ4v) is 4.13. The van der Waals surface area contributed by atoms with Crippen LogP contribution in [0.25, 0.3) is 11.3 Å². The van der Waals surface area contributed by atoms with E-state index < -0.39 is 0 Å². The highest BCUT2D eigenvalue weighted by Gasteiger charge is 2.18. The van der Waals surface area contributed by atoms with Crippen molar-refractivity contribution in [3.05, 3.63) is 74.0 Å². The molecular weight excluding hydrogens is 408 g/mol. The van der Waals surface area contributed by atoms with Crippen molar-refractivity contribution in [3.8, 4) is 11.3 Å². The maximum absolute atomic E-state index is 12.8. The van der Waals surface area contributed by atoms with E-state index >= 15 is 0 Å². The van der Waals surface area contributed by atoms with Gasteiger partial charge in [0, 0.05) is 28.5 Å². The van der Waals surface area contributed by atoms with E-state index in [4.69, 9.17) is 0 Å². The van der Waals surface area contributed by atoms with Gasteiger partial charge in [-0.2, -0.15) is 0 Å². The SMILES string of the molecule is Cc1ccc(-c2nc(C)sc2CC(=O)N(C)Cc2ccccc2Br)cc1. The lowest BCUT2D eigenvalue weighted by Crippen LogP contribution is -2.27. The number of hydrogen-bond acceptors (Lipinski definition) is 3. The average molecular weight is 429 g/mol. The second-order valence-corrected chi connectivity index (χ2v) is 8.53. The molecule has 5 heteroatoms. The Bertz CT molecular complexity index is 918. The fourth-order valence-electron chi connectivity index (χ4n) is 2.77. The summed E-state index contributed by atoms with van der Waals surface area (Å²) in [6, 6.07) is 16.3. The van der Waals surface area contributed by atoms with Crippen LogP contribution in [0, 0.1) is 13.8 Å². The van der Waals surface area contributed by atoms with Crippen molar-refractivity contribution in [1.29, 1.82) is 0 Å². The number of hydrogen-bond donors (Lipinski definition) is 0. The lowest BCUT2D eigenvalue weighted by atomic mass is 10.1. The minimum atomic E-state index is 0.0952. The predicted octanol–water partition coefficient (Wildman–Crippen LogP) is 5.39. The van der Waals surface area contributed by atoms with Crippen LogP contribution in [0.15, 0.2) is 53.0 Å². The number of rotatable bonds is 5. The summed E-state index contributed by atoms with van der Waals surface area (Å²) in [5.41, 5.74) is 4.31. The van der Waals surface area contributed by atoms with Crippen molar-refractivity contribution in [1.82, 2.24) is 9.88 Å². The van der Waals surface area contributed by atoms with Crippen LogP contribution in [0.4, 0.5) is 0 Å². The van der Waals surface area contributed by atoms with Crippen LogP contribution in [-0.2, 0) is 17.8 Å². The molecule has 1 aromatic heterocycles. The van der Waals surface area contributed by atoms with Gasteiger partial charge in [0.25, 0.3) is 0 Å². The van der Waals surface area contributed by atoms with E-state index in [1.54, 1.807) is 16.2 Å². The summed E-state index contributed by atoms with van der Waals surface area (Å²) in [7, 11) is 1.85. The van der Waals surface area contributed by atoms with E-state index in [2.05, 4.69) is 52.1 Å². The molecule has 0 unspecified atom stereocenters. The van der Waals surface area contributed by atoms with Crippen LogP contribution in [0.2, 0.25) is 0 Å². The first-order valence-electron chi connectivity index (χ1n) is 8.44. The number of benzene rings is 2. The highest BCUT2D eigenvalue weighted by Crippen LogP contribution is 2.29. The molecule has 0 aliphatic heterocycles. The summed E-state index contributed by atoms with van der Waals surface area (Å²) in [5.74, 6) is 0.0952. The summed E-state index contributed by atoms with van der Waals surface area (Å²) in [6.07, 6.45) is 0.371. The number of carbonyl (C=O) groups is 1. The Morgan fingerprint density at radius 3 is 2.50 bits per heavy atom. The molecule has 0 radical (unpaired) electrons. The molecule has 0 bridgehead atoms. The molecule has 0 N–H and O–H groups in total. The van der Waals surface area contributed by atoms with Gasteiger partial charge in [0.15, 0.2) is 0 Å². The lowest BCUT2D eigenvalue weighted by Gasteiger charge is -2.18. The van der Waals surface area contributed by atoms with Crippen molar-refractivity contribution in [2.75, 3.05) is 7.05 Å². The molecule has 2 aromatic carbocycles. The molecule has 0 aliphatic carbocycles. The fraction of sp³-hybridized carbons (Fsp3) is 0.238. The molecule has 0 saturated carbocycles. The number of carbonyl (C=O) groups excluding carboxylic acids is 1. The maximum Gasteiger partial charge on any atom is 0.227 e. The number of halogens is 1. The Balaban J connectivity index is 1.77. The lowest BCUT2D eigenvalue weighted by molar-refractivity contribution is -0.129. The highest BCUT2D eigenvalue weighted by atomic mass is 79.9. The molecule has 134 valence electrons. The number of aromatic nitrogens is 1. The zero-order valence-electron chi connectivity index (χ0n) is 15.1. The van der Waals surface area contributed by atoms with Gasteiger partial charge in [-0.15, -0.1) is 11.3 Å². The smallest absolute Gasteiger partial charge is 0.227 e. The molecule has 0 aliphatic rings. The van der Waals surface area contributed by atoms with Gasteiger partial charge in [0.05, 0.1) is 17.1 Å². The molecule has 3 aromatic rings. The molecule has 1 heterocycles. The number of amides is 1. The van der Waals surface area contributed by atoms with Crippen LogP contribution in [0.5, 0.6) is 0 Å². The Labute approximate surface area is 166 Å². The normalized spacial score (nSPS) is 10.8. The molecular formula is C21H21BrN2OS. The van der Waals surface area contributed by atoms with Gasteiger partial charge in [-0.05, 0) is 25.5 Å². The van der Waals surface area contributed by atoms with Gasteiger partial charge in [-0.25, -0.2) is 4.98 Å². The maximum atomic E-state index is 12.8. The molecule has 0 atom stereocenters. The van der Waals surface area contributed by atoms with Crippen molar-refractivity contribution < 1.29 is 4.79 Å². The van der Waals surface area contributed by atoms with Gasteiger partial charge >= 0.3 is 0 Å². The van der Waals surface area contributed by atoms with Crippen molar-refractivity contribution in [2.24, 2.45) is 0 Å². The first kappa shape index (κ1) is 18.8. The van der Waals surface area contributed by atoms with Crippen LogP contribution >= 0.6 is 27.3 Å². The van der Waals surface area contributed by atoms with Crippen LogP contribution in [-0.4, -0.2) is 22.8 Å². The van der Waals surface area contributed by atoms with E-state index in [9.17, 15) is 4.79 Å². The molecule has 3 nitrogen and oxygen atoms in total. The van der Waals surface area contributed by atoms with Gasteiger partial charge in [0.1, 0.15) is 0 Å². The van der Waals surface area contributed by atoms with Gasteiger partial charge in [-0.3, -0.25) is 4.79 Å². The quantitative estimate of drug-likeness (QED) is 0.545. The van der Waals surface area contributed by atoms with E-state index in [0.717, 1.165) is 31.2 Å². The standard InChI is InChI=1S/C21H21BrN2OS/c1-14-8-10-16(11-9-14)21-19(26-15(2)23-21)12-20(25)24(3)13-17-6-4-5-7-18(17)22/h4-11H,12-13H2,1-3H3. The third-order valence-corrected chi connectivity index (χ3v) is 5.98. The number of aryl methyl sites for hydroxylation is 2. The predicted molar refractivity (Wildman–Crippen MR) is 111 cm³/mol. The first-order chi connectivity index (χ1) is 12.4. The summed E-state index contributed by atoms with van der Waals surface area (Å²) < 4.78 is 1.02. The summed E-state index contributed by atoms with van der Waals surface area (Å²) in [4.78, 5) is 20.2. The largest absolute Gasteiger partial charge is 0.341 e. The Morgan fingerprint density at radius 2 is 1.81 bits per heavy atom. The first-order valence-corrected chi connectivity index (χ1v) is 10.1. The summed E-state index contributed by atoms with van der Waals surface area (Å²) in [6.45, 7) is 4.64. The van der Waals surface area contributed by atoms with E-state index in [0.29, 0.717) is 13.0 Å². The molecule has 26 heavy (non-hydrogen) atoms.